The van der Waals surface area contributed by atoms with Crippen LogP contribution < -0.4 is 0 Å². The van der Waals surface area contributed by atoms with Gasteiger partial charge in [-0.1, -0.05) is 54.1 Å². The molecule has 1 heteroatoms. The van der Waals surface area contributed by atoms with Gasteiger partial charge in [0.2, 0.25) is 0 Å². The lowest BCUT2D eigenvalue weighted by Crippen LogP contribution is -1.91. The number of nitrogens with zero attached hydrogens (tertiary/aromatic N) is 1. The summed E-state index contributed by atoms with van der Waals surface area (Å²) in [5, 5.41) is 0. The summed E-state index contributed by atoms with van der Waals surface area (Å²) in [6, 6.07) is 21.1. The molecule has 3 rings (SSSR count). The maximum absolute atomic E-state index is 4.52. The van der Waals surface area contributed by atoms with Gasteiger partial charge in [-0.2, -0.15) is 0 Å². The lowest BCUT2D eigenvalue weighted by Gasteiger charge is -2.13. The third-order valence-electron chi connectivity index (χ3n) is 3.52. The highest BCUT2D eigenvalue weighted by Crippen LogP contribution is 2.33. The molecule has 1 aromatic heterocycles. The van der Waals surface area contributed by atoms with Crippen LogP contribution in [0.1, 0.15) is 11.1 Å². The minimum atomic E-state index is 1.03. The molecule has 0 amide bonds. The van der Waals surface area contributed by atoms with Gasteiger partial charge >= 0.3 is 0 Å². The summed E-state index contributed by atoms with van der Waals surface area (Å²) in [6.07, 6.45) is 1.85. The SMILES string of the molecule is Cc1cccc(-c2cccc(C)c2-c2ccccn2)c1. The Labute approximate surface area is 119 Å². The summed E-state index contributed by atoms with van der Waals surface area (Å²) in [5.74, 6) is 0. The molecule has 3 aromatic rings. The fraction of sp³-hybridized carbons (Fsp3) is 0.105. The van der Waals surface area contributed by atoms with E-state index < -0.39 is 0 Å². The fourth-order valence-corrected chi connectivity index (χ4v) is 2.57. The molecule has 0 aliphatic rings. The summed E-state index contributed by atoms with van der Waals surface area (Å²) >= 11 is 0. The van der Waals surface area contributed by atoms with Crippen molar-refractivity contribution in [3.05, 3.63) is 78.0 Å². The molecular formula is C19H17N. The van der Waals surface area contributed by atoms with Crippen LogP contribution in [0, 0.1) is 13.8 Å². The van der Waals surface area contributed by atoms with Crippen LogP contribution in [0.5, 0.6) is 0 Å². The molecule has 0 bridgehead atoms. The molecule has 0 aliphatic heterocycles. The Morgan fingerprint density at radius 1 is 0.800 bits per heavy atom. The van der Waals surface area contributed by atoms with E-state index in [1.807, 2.05) is 18.3 Å². The first-order valence-corrected chi connectivity index (χ1v) is 6.84. The molecule has 98 valence electrons. The van der Waals surface area contributed by atoms with Crippen LogP contribution in [-0.4, -0.2) is 4.98 Å². The van der Waals surface area contributed by atoms with Gasteiger partial charge in [-0.05, 0) is 42.7 Å². The van der Waals surface area contributed by atoms with E-state index in [-0.39, 0.29) is 0 Å². The van der Waals surface area contributed by atoms with Crippen LogP contribution in [0.25, 0.3) is 22.4 Å². The van der Waals surface area contributed by atoms with E-state index in [1.54, 1.807) is 0 Å². The number of aromatic nitrogens is 1. The monoisotopic (exact) mass is 259 g/mol. The second kappa shape index (κ2) is 5.30. The minimum Gasteiger partial charge on any atom is -0.256 e. The van der Waals surface area contributed by atoms with Gasteiger partial charge < -0.3 is 0 Å². The van der Waals surface area contributed by atoms with E-state index >= 15 is 0 Å². The van der Waals surface area contributed by atoms with Crippen molar-refractivity contribution in [1.29, 1.82) is 0 Å². The first-order chi connectivity index (χ1) is 9.75. The molecule has 1 heterocycles. The Kier molecular flexibility index (Phi) is 3.34. The molecule has 0 N–H and O–H groups in total. The lowest BCUT2D eigenvalue weighted by atomic mass is 9.93. The van der Waals surface area contributed by atoms with Crippen LogP contribution in [0.2, 0.25) is 0 Å². The number of aryl methyl sites for hydroxylation is 2. The predicted molar refractivity (Wildman–Crippen MR) is 84.6 cm³/mol. The zero-order chi connectivity index (χ0) is 13.9. The summed E-state index contributed by atoms with van der Waals surface area (Å²) in [6.45, 7) is 4.27. The highest BCUT2D eigenvalue weighted by molar-refractivity contribution is 5.84. The van der Waals surface area contributed by atoms with Gasteiger partial charge in [-0.3, -0.25) is 4.98 Å². The van der Waals surface area contributed by atoms with Crippen molar-refractivity contribution >= 4 is 0 Å². The maximum atomic E-state index is 4.52. The second-order valence-electron chi connectivity index (χ2n) is 5.08. The summed E-state index contributed by atoms with van der Waals surface area (Å²) < 4.78 is 0. The Morgan fingerprint density at radius 2 is 1.65 bits per heavy atom. The molecule has 0 aliphatic carbocycles. The molecule has 2 aromatic carbocycles. The predicted octanol–water partition coefficient (Wildman–Crippen LogP) is 5.03. The van der Waals surface area contributed by atoms with Gasteiger partial charge in [-0.25, -0.2) is 0 Å². The lowest BCUT2D eigenvalue weighted by molar-refractivity contribution is 1.30. The maximum Gasteiger partial charge on any atom is 0.0710 e. The highest BCUT2D eigenvalue weighted by atomic mass is 14.7. The molecule has 20 heavy (non-hydrogen) atoms. The van der Waals surface area contributed by atoms with E-state index in [1.165, 1.54) is 27.8 Å². The van der Waals surface area contributed by atoms with Crippen molar-refractivity contribution in [2.75, 3.05) is 0 Å². The number of rotatable bonds is 2. The molecular weight excluding hydrogens is 242 g/mol. The van der Waals surface area contributed by atoms with E-state index in [4.69, 9.17) is 0 Å². The zero-order valence-electron chi connectivity index (χ0n) is 11.8. The Bertz CT molecular complexity index is 730. The van der Waals surface area contributed by atoms with Gasteiger partial charge in [-0.15, -0.1) is 0 Å². The van der Waals surface area contributed by atoms with Crippen molar-refractivity contribution in [3.8, 4) is 22.4 Å². The molecule has 0 fully saturated rings. The quantitative estimate of drug-likeness (QED) is 0.628. The second-order valence-corrected chi connectivity index (χ2v) is 5.08. The number of hydrogen-bond acceptors (Lipinski definition) is 1. The first kappa shape index (κ1) is 12.6. The number of hydrogen-bond donors (Lipinski definition) is 0. The van der Waals surface area contributed by atoms with Crippen LogP contribution in [0.3, 0.4) is 0 Å². The van der Waals surface area contributed by atoms with Crippen LogP contribution >= 0.6 is 0 Å². The molecule has 0 spiro atoms. The zero-order valence-corrected chi connectivity index (χ0v) is 11.8. The fourth-order valence-electron chi connectivity index (χ4n) is 2.57. The van der Waals surface area contributed by atoms with Crippen LogP contribution in [0.4, 0.5) is 0 Å². The average Bonchev–Trinajstić information content (AvgIpc) is 2.48. The van der Waals surface area contributed by atoms with Gasteiger partial charge in [0.05, 0.1) is 5.69 Å². The molecule has 0 unspecified atom stereocenters. The Balaban J connectivity index is 2.25. The summed E-state index contributed by atoms with van der Waals surface area (Å²) in [4.78, 5) is 4.52. The summed E-state index contributed by atoms with van der Waals surface area (Å²) in [5.41, 5.74) is 7.27. The Morgan fingerprint density at radius 3 is 2.40 bits per heavy atom. The molecule has 0 atom stereocenters. The largest absolute Gasteiger partial charge is 0.256 e. The third-order valence-corrected chi connectivity index (χ3v) is 3.52. The number of benzene rings is 2. The minimum absolute atomic E-state index is 1.03. The van der Waals surface area contributed by atoms with Crippen molar-refractivity contribution < 1.29 is 0 Å². The van der Waals surface area contributed by atoms with Gasteiger partial charge in [0.15, 0.2) is 0 Å². The van der Waals surface area contributed by atoms with Crippen molar-refractivity contribution in [3.63, 3.8) is 0 Å². The molecule has 0 radical (unpaired) electrons. The topological polar surface area (TPSA) is 12.9 Å². The van der Waals surface area contributed by atoms with Gasteiger partial charge in [0.25, 0.3) is 0 Å². The van der Waals surface area contributed by atoms with Crippen molar-refractivity contribution in [2.45, 2.75) is 13.8 Å². The third kappa shape index (κ3) is 2.35. The number of pyridine rings is 1. The first-order valence-electron chi connectivity index (χ1n) is 6.84. The van der Waals surface area contributed by atoms with E-state index in [9.17, 15) is 0 Å². The van der Waals surface area contributed by atoms with Gasteiger partial charge in [0, 0.05) is 11.8 Å². The summed E-state index contributed by atoms with van der Waals surface area (Å²) in [7, 11) is 0. The Hall–Kier alpha value is -2.41. The van der Waals surface area contributed by atoms with Gasteiger partial charge in [0.1, 0.15) is 0 Å². The smallest absolute Gasteiger partial charge is 0.0710 e. The molecule has 0 saturated heterocycles. The molecule has 0 saturated carbocycles. The van der Waals surface area contributed by atoms with E-state index in [2.05, 4.69) is 67.4 Å². The van der Waals surface area contributed by atoms with Crippen LogP contribution in [-0.2, 0) is 0 Å². The molecule has 1 nitrogen and oxygen atoms in total. The normalized spacial score (nSPS) is 10.5. The van der Waals surface area contributed by atoms with E-state index in [0.717, 1.165) is 5.69 Å². The van der Waals surface area contributed by atoms with E-state index in [0.29, 0.717) is 0 Å². The van der Waals surface area contributed by atoms with Crippen molar-refractivity contribution in [1.82, 2.24) is 4.98 Å². The highest BCUT2D eigenvalue weighted by Gasteiger charge is 2.10. The standard InChI is InChI=1S/C19H17N/c1-14-7-5-9-16(13-14)17-10-6-8-15(2)19(17)18-11-3-4-12-20-18/h3-13H,1-2H3. The van der Waals surface area contributed by atoms with Crippen LogP contribution in [0.15, 0.2) is 66.9 Å². The average molecular weight is 259 g/mol. The van der Waals surface area contributed by atoms with Crippen molar-refractivity contribution in [2.24, 2.45) is 0 Å².